The topological polar surface area (TPSA) is 62.5 Å². The van der Waals surface area contributed by atoms with Crippen LogP contribution in [0.1, 0.15) is 40.3 Å². The number of benzene rings is 1. The van der Waals surface area contributed by atoms with E-state index in [1.165, 1.54) is 5.56 Å². The molecule has 1 aliphatic rings. The Labute approximate surface area is 177 Å². The van der Waals surface area contributed by atoms with Gasteiger partial charge in [-0.25, -0.2) is 9.97 Å². The minimum Gasteiger partial charge on any atom is -0.466 e. The zero-order chi connectivity index (χ0) is 20.9. The van der Waals surface area contributed by atoms with Crippen LogP contribution in [0.5, 0.6) is 0 Å². The summed E-state index contributed by atoms with van der Waals surface area (Å²) in [6, 6.07) is 14.2. The van der Waals surface area contributed by atoms with Crippen molar-refractivity contribution in [1.82, 2.24) is 14.9 Å². The Kier molecular flexibility index (Phi) is 6.23. The molecule has 0 aliphatic carbocycles. The van der Waals surface area contributed by atoms with Crippen LogP contribution in [-0.4, -0.2) is 46.5 Å². The highest BCUT2D eigenvalue weighted by Crippen LogP contribution is 2.25. The summed E-state index contributed by atoms with van der Waals surface area (Å²) in [7, 11) is 0. The highest BCUT2D eigenvalue weighted by molar-refractivity contribution is 6.06. The quantitative estimate of drug-likeness (QED) is 0.620. The van der Waals surface area contributed by atoms with Crippen molar-refractivity contribution in [3.63, 3.8) is 0 Å². The number of piperidine rings is 1. The van der Waals surface area contributed by atoms with Crippen LogP contribution in [0.2, 0.25) is 0 Å². The standard InChI is InChI=1S/C24H28N4O2/c1-18-17-22(19(2)30-18)23(29)28(24-25-12-6-13-26-24)21-10-15-27(16-11-21)14-9-20-7-4-3-5-8-20/h3-8,12-13,17,21H,9-11,14-16H2,1-2H3. The summed E-state index contributed by atoms with van der Waals surface area (Å²) in [5.41, 5.74) is 1.95. The highest BCUT2D eigenvalue weighted by Gasteiger charge is 2.32. The third kappa shape index (κ3) is 4.60. The van der Waals surface area contributed by atoms with E-state index < -0.39 is 0 Å². The zero-order valence-electron chi connectivity index (χ0n) is 17.6. The first-order valence-electron chi connectivity index (χ1n) is 10.6. The van der Waals surface area contributed by atoms with E-state index >= 15 is 0 Å². The molecule has 1 aliphatic heterocycles. The molecule has 0 bridgehead atoms. The average Bonchev–Trinajstić information content (AvgIpc) is 3.13. The van der Waals surface area contributed by atoms with Crippen LogP contribution in [0.25, 0.3) is 0 Å². The summed E-state index contributed by atoms with van der Waals surface area (Å²) < 4.78 is 5.60. The van der Waals surface area contributed by atoms with Gasteiger partial charge in [-0.15, -0.1) is 0 Å². The lowest BCUT2D eigenvalue weighted by Crippen LogP contribution is -2.48. The Hall–Kier alpha value is -2.99. The Morgan fingerprint density at radius 2 is 1.80 bits per heavy atom. The molecule has 4 rings (SSSR count). The lowest BCUT2D eigenvalue weighted by molar-refractivity contribution is 0.0956. The molecule has 156 valence electrons. The smallest absolute Gasteiger partial charge is 0.264 e. The van der Waals surface area contributed by atoms with Crippen molar-refractivity contribution in [3.05, 3.63) is 77.5 Å². The number of anilines is 1. The maximum atomic E-state index is 13.4. The van der Waals surface area contributed by atoms with Crippen molar-refractivity contribution in [2.45, 2.75) is 39.2 Å². The molecule has 1 fully saturated rings. The molecule has 0 spiro atoms. The lowest BCUT2D eigenvalue weighted by Gasteiger charge is -2.37. The molecule has 1 saturated heterocycles. The number of furan rings is 1. The van der Waals surface area contributed by atoms with Gasteiger partial charge >= 0.3 is 0 Å². The number of nitrogens with zero attached hydrogens (tertiary/aromatic N) is 4. The first kappa shape index (κ1) is 20.3. The minimum atomic E-state index is -0.0849. The van der Waals surface area contributed by atoms with E-state index in [4.69, 9.17) is 4.42 Å². The maximum absolute atomic E-state index is 13.4. The van der Waals surface area contributed by atoms with Crippen molar-refractivity contribution in [2.75, 3.05) is 24.5 Å². The Bertz CT molecular complexity index is 963. The van der Waals surface area contributed by atoms with Gasteiger partial charge in [0.15, 0.2) is 0 Å². The Morgan fingerprint density at radius 3 is 2.43 bits per heavy atom. The van der Waals surface area contributed by atoms with Crippen LogP contribution < -0.4 is 4.90 Å². The second kappa shape index (κ2) is 9.22. The van der Waals surface area contributed by atoms with E-state index in [1.807, 2.05) is 19.9 Å². The highest BCUT2D eigenvalue weighted by atomic mass is 16.3. The second-order valence-electron chi connectivity index (χ2n) is 7.86. The summed E-state index contributed by atoms with van der Waals surface area (Å²) in [5.74, 6) is 1.75. The van der Waals surface area contributed by atoms with E-state index in [0.717, 1.165) is 44.7 Å². The SMILES string of the molecule is Cc1cc(C(=O)N(c2ncccn2)C2CCN(CCc3ccccc3)CC2)c(C)o1. The molecule has 6 heteroatoms. The van der Waals surface area contributed by atoms with Crippen molar-refractivity contribution in [3.8, 4) is 0 Å². The minimum absolute atomic E-state index is 0.0717. The summed E-state index contributed by atoms with van der Waals surface area (Å²) in [4.78, 5) is 26.5. The number of likely N-dealkylation sites (tertiary alicyclic amines) is 1. The van der Waals surface area contributed by atoms with Crippen molar-refractivity contribution >= 4 is 11.9 Å². The van der Waals surface area contributed by atoms with Gasteiger partial charge in [-0.05, 0) is 50.8 Å². The third-order valence-corrected chi connectivity index (χ3v) is 5.74. The molecule has 30 heavy (non-hydrogen) atoms. The number of amides is 1. The molecule has 6 nitrogen and oxygen atoms in total. The van der Waals surface area contributed by atoms with Crippen LogP contribution in [0.15, 0.2) is 59.3 Å². The number of aryl methyl sites for hydroxylation is 2. The zero-order valence-corrected chi connectivity index (χ0v) is 17.6. The van der Waals surface area contributed by atoms with Gasteiger partial charge < -0.3 is 9.32 Å². The van der Waals surface area contributed by atoms with Gasteiger partial charge in [0.05, 0.1) is 5.56 Å². The summed E-state index contributed by atoms with van der Waals surface area (Å²) in [5, 5.41) is 0. The molecule has 1 amide bonds. The Balaban J connectivity index is 1.46. The fourth-order valence-corrected chi connectivity index (χ4v) is 4.14. The first-order valence-corrected chi connectivity index (χ1v) is 10.6. The van der Waals surface area contributed by atoms with Gasteiger partial charge in [0.1, 0.15) is 11.5 Å². The van der Waals surface area contributed by atoms with Gasteiger partial charge in [-0.3, -0.25) is 9.69 Å². The molecule has 1 aromatic carbocycles. The first-order chi connectivity index (χ1) is 14.6. The van der Waals surface area contributed by atoms with E-state index in [2.05, 4.69) is 45.2 Å². The van der Waals surface area contributed by atoms with Crippen LogP contribution in [0, 0.1) is 13.8 Å². The van der Waals surface area contributed by atoms with Gasteiger partial charge in [0.25, 0.3) is 5.91 Å². The molecule has 0 saturated carbocycles. The van der Waals surface area contributed by atoms with Gasteiger partial charge in [-0.1, -0.05) is 30.3 Å². The van der Waals surface area contributed by atoms with Crippen LogP contribution in [-0.2, 0) is 6.42 Å². The van der Waals surface area contributed by atoms with Crippen molar-refractivity contribution in [1.29, 1.82) is 0 Å². The number of hydrogen-bond donors (Lipinski definition) is 0. The molecular formula is C24H28N4O2. The lowest BCUT2D eigenvalue weighted by atomic mass is 10.0. The number of aromatic nitrogens is 2. The normalized spacial score (nSPS) is 15.3. The van der Waals surface area contributed by atoms with Crippen LogP contribution in [0.3, 0.4) is 0 Å². The van der Waals surface area contributed by atoms with Crippen LogP contribution >= 0.6 is 0 Å². The monoisotopic (exact) mass is 404 g/mol. The maximum Gasteiger partial charge on any atom is 0.264 e. The largest absolute Gasteiger partial charge is 0.466 e. The number of rotatable bonds is 6. The molecule has 0 radical (unpaired) electrons. The molecule has 0 N–H and O–H groups in total. The fraction of sp³-hybridized carbons (Fsp3) is 0.375. The Morgan fingerprint density at radius 1 is 1.10 bits per heavy atom. The van der Waals surface area contributed by atoms with E-state index in [1.54, 1.807) is 23.4 Å². The van der Waals surface area contributed by atoms with E-state index in [9.17, 15) is 4.79 Å². The van der Waals surface area contributed by atoms with Crippen molar-refractivity contribution < 1.29 is 9.21 Å². The molecule has 2 aromatic heterocycles. The average molecular weight is 405 g/mol. The van der Waals surface area contributed by atoms with Crippen LogP contribution in [0.4, 0.5) is 5.95 Å². The third-order valence-electron chi connectivity index (χ3n) is 5.74. The molecule has 3 heterocycles. The second-order valence-corrected chi connectivity index (χ2v) is 7.86. The fourth-order valence-electron chi connectivity index (χ4n) is 4.14. The summed E-state index contributed by atoms with van der Waals surface area (Å²) >= 11 is 0. The summed E-state index contributed by atoms with van der Waals surface area (Å²) in [6.45, 7) is 6.64. The number of carbonyl (C=O) groups is 1. The van der Waals surface area contributed by atoms with Gasteiger partial charge in [0.2, 0.25) is 5.95 Å². The number of carbonyl (C=O) groups excluding carboxylic acids is 1. The molecular weight excluding hydrogens is 376 g/mol. The van der Waals surface area contributed by atoms with E-state index in [0.29, 0.717) is 17.3 Å². The molecule has 3 aromatic rings. The predicted octanol–water partition coefficient (Wildman–Crippen LogP) is 4.04. The number of hydrogen-bond acceptors (Lipinski definition) is 5. The predicted molar refractivity (Wildman–Crippen MR) is 117 cm³/mol. The molecule has 0 unspecified atom stereocenters. The van der Waals surface area contributed by atoms with E-state index in [-0.39, 0.29) is 11.9 Å². The summed E-state index contributed by atoms with van der Waals surface area (Å²) in [6.07, 6.45) is 6.21. The van der Waals surface area contributed by atoms with Gasteiger partial charge in [0, 0.05) is 38.1 Å². The molecule has 0 atom stereocenters. The van der Waals surface area contributed by atoms with Crippen molar-refractivity contribution in [2.24, 2.45) is 0 Å². The van der Waals surface area contributed by atoms with Gasteiger partial charge in [-0.2, -0.15) is 0 Å².